The lowest BCUT2D eigenvalue weighted by Crippen LogP contribution is -2.45. The van der Waals surface area contributed by atoms with Crippen LogP contribution in [-0.2, 0) is 0 Å². The first-order valence-corrected chi connectivity index (χ1v) is 6.44. The van der Waals surface area contributed by atoms with Crippen LogP contribution in [0.15, 0.2) is 18.2 Å². The van der Waals surface area contributed by atoms with Crippen LogP contribution in [0.3, 0.4) is 0 Å². The Hall–Kier alpha value is -1.57. The van der Waals surface area contributed by atoms with Crippen LogP contribution in [0.4, 0.5) is 0 Å². The van der Waals surface area contributed by atoms with E-state index in [0.29, 0.717) is 11.3 Å². The lowest BCUT2D eigenvalue weighted by atomic mass is 9.99. The lowest BCUT2D eigenvalue weighted by Gasteiger charge is -2.35. The molecule has 1 saturated heterocycles. The molecule has 0 saturated carbocycles. The zero-order valence-corrected chi connectivity index (χ0v) is 10.7. The second-order valence-electron chi connectivity index (χ2n) is 4.60. The van der Waals surface area contributed by atoms with E-state index in [2.05, 4.69) is 23.2 Å². The minimum absolute atomic E-state index is 0.195. The molecule has 0 amide bonds. The van der Waals surface area contributed by atoms with Gasteiger partial charge in [-0.2, -0.15) is 5.26 Å². The van der Waals surface area contributed by atoms with Crippen LogP contribution in [0, 0.1) is 11.3 Å². The average molecular weight is 245 g/mol. The van der Waals surface area contributed by atoms with Crippen molar-refractivity contribution in [1.82, 2.24) is 10.2 Å². The van der Waals surface area contributed by atoms with Gasteiger partial charge in [0.2, 0.25) is 0 Å². The van der Waals surface area contributed by atoms with Gasteiger partial charge in [0.15, 0.2) is 0 Å². The van der Waals surface area contributed by atoms with Gasteiger partial charge in [0.25, 0.3) is 0 Å². The van der Waals surface area contributed by atoms with E-state index in [-0.39, 0.29) is 6.04 Å². The Bertz CT molecular complexity index is 447. The number of piperazine rings is 1. The summed E-state index contributed by atoms with van der Waals surface area (Å²) in [5, 5.41) is 22.3. The Morgan fingerprint density at radius 3 is 2.78 bits per heavy atom. The second-order valence-corrected chi connectivity index (χ2v) is 4.60. The minimum Gasteiger partial charge on any atom is -0.508 e. The standard InChI is InChI=1S/C14H19N3O/c1-2-13(17-7-5-16-6-8-17)12-9-11(10-15)3-4-14(12)18/h3-4,9,13,16,18H,2,5-8H2,1H3/t13-/m1/s1. The third-order valence-corrected chi connectivity index (χ3v) is 3.49. The number of hydrogen-bond donors (Lipinski definition) is 2. The van der Waals surface area contributed by atoms with Crippen LogP contribution < -0.4 is 5.32 Å². The van der Waals surface area contributed by atoms with Crippen LogP contribution in [0.25, 0.3) is 0 Å². The molecule has 0 aliphatic carbocycles. The molecule has 1 heterocycles. The molecule has 1 aliphatic heterocycles. The van der Waals surface area contributed by atoms with Crippen molar-refractivity contribution in [1.29, 1.82) is 5.26 Å². The molecule has 0 radical (unpaired) electrons. The van der Waals surface area contributed by atoms with E-state index in [1.165, 1.54) is 0 Å². The van der Waals surface area contributed by atoms with Gasteiger partial charge in [0.1, 0.15) is 5.75 Å². The van der Waals surface area contributed by atoms with Crippen molar-refractivity contribution < 1.29 is 5.11 Å². The quantitative estimate of drug-likeness (QED) is 0.849. The molecule has 2 N–H and O–H groups in total. The first-order valence-electron chi connectivity index (χ1n) is 6.44. The van der Waals surface area contributed by atoms with E-state index in [9.17, 15) is 5.11 Å². The Morgan fingerprint density at radius 2 is 2.17 bits per heavy atom. The van der Waals surface area contributed by atoms with E-state index in [1.807, 2.05) is 6.07 Å². The summed E-state index contributed by atoms with van der Waals surface area (Å²) in [4.78, 5) is 2.37. The summed E-state index contributed by atoms with van der Waals surface area (Å²) in [6.07, 6.45) is 0.933. The van der Waals surface area contributed by atoms with Gasteiger partial charge in [0, 0.05) is 37.8 Å². The highest BCUT2D eigenvalue weighted by Gasteiger charge is 2.23. The molecule has 1 fully saturated rings. The maximum Gasteiger partial charge on any atom is 0.120 e. The van der Waals surface area contributed by atoms with Crippen molar-refractivity contribution in [3.8, 4) is 11.8 Å². The molecule has 0 bridgehead atoms. The second kappa shape index (κ2) is 5.85. The highest BCUT2D eigenvalue weighted by atomic mass is 16.3. The summed E-state index contributed by atoms with van der Waals surface area (Å²) in [6, 6.07) is 7.42. The van der Waals surface area contributed by atoms with Crippen molar-refractivity contribution in [2.75, 3.05) is 26.2 Å². The molecule has 1 atom stereocenters. The molecular weight excluding hydrogens is 226 g/mol. The fourth-order valence-electron chi connectivity index (χ4n) is 2.56. The zero-order valence-electron chi connectivity index (χ0n) is 10.7. The van der Waals surface area contributed by atoms with Crippen LogP contribution >= 0.6 is 0 Å². The largest absolute Gasteiger partial charge is 0.508 e. The van der Waals surface area contributed by atoms with Crippen molar-refractivity contribution >= 4 is 0 Å². The third-order valence-electron chi connectivity index (χ3n) is 3.49. The number of nitriles is 1. The Kier molecular flexibility index (Phi) is 4.19. The number of rotatable bonds is 3. The number of phenolic OH excluding ortho intramolecular Hbond substituents is 1. The molecule has 0 unspecified atom stereocenters. The van der Waals surface area contributed by atoms with Crippen molar-refractivity contribution in [2.24, 2.45) is 0 Å². The first kappa shape index (κ1) is 12.9. The van der Waals surface area contributed by atoms with Crippen LogP contribution in [0.5, 0.6) is 5.75 Å². The fraction of sp³-hybridized carbons (Fsp3) is 0.500. The summed E-state index contributed by atoms with van der Waals surface area (Å²) in [5.74, 6) is 0.291. The molecule has 0 aromatic heterocycles. The summed E-state index contributed by atoms with van der Waals surface area (Å²) in [6.45, 7) is 6.04. The molecule has 2 rings (SSSR count). The Balaban J connectivity index is 2.28. The minimum atomic E-state index is 0.195. The average Bonchev–Trinajstić information content (AvgIpc) is 2.43. The van der Waals surface area contributed by atoms with E-state index < -0.39 is 0 Å². The monoisotopic (exact) mass is 245 g/mol. The normalized spacial score (nSPS) is 18.2. The molecule has 0 spiro atoms. The first-order chi connectivity index (χ1) is 8.76. The van der Waals surface area contributed by atoms with Crippen LogP contribution in [-0.4, -0.2) is 36.2 Å². The van der Waals surface area contributed by atoms with E-state index in [0.717, 1.165) is 38.2 Å². The Morgan fingerprint density at radius 1 is 1.44 bits per heavy atom. The molecule has 4 heteroatoms. The summed E-state index contributed by atoms with van der Waals surface area (Å²) in [7, 11) is 0. The maximum absolute atomic E-state index is 10.0. The predicted octanol–water partition coefficient (Wildman–Crippen LogP) is 1.62. The van der Waals surface area contributed by atoms with Crippen molar-refractivity contribution in [2.45, 2.75) is 19.4 Å². The number of benzene rings is 1. The van der Waals surface area contributed by atoms with Gasteiger partial charge in [-0.15, -0.1) is 0 Å². The number of nitrogens with zero attached hydrogens (tertiary/aromatic N) is 2. The molecule has 1 aromatic rings. The maximum atomic E-state index is 10.0. The van der Waals surface area contributed by atoms with E-state index >= 15 is 0 Å². The van der Waals surface area contributed by atoms with E-state index in [1.54, 1.807) is 12.1 Å². The number of nitrogens with one attached hydrogen (secondary N) is 1. The fourth-order valence-corrected chi connectivity index (χ4v) is 2.56. The van der Waals surface area contributed by atoms with Gasteiger partial charge < -0.3 is 10.4 Å². The van der Waals surface area contributed by atoms with Gasteiger partial charge in [-0.25, -0.2) is 0 Å². The summed E-state index contributed by atoms with van der Waals surface area (Å²) >= 11 is 0. The third kappa shape index (κ3) is 2.63. The van der Waals surface area contributed by atoms with Gasteiger partial charge in [0.05, 0.1) is 11.6 Å². The Labute approximate surface area is 108 Å². The number of aromatic hydroxyl groups is 1. The highest BCUT2D eigenvalue weighted by Crippen LogP contribution is 2.31. The number of hydrogen-bond acceptors (Lipinski definition) is 4. The molecule has 96 valence electrons. The topological polar surface area (TPSA) is 59.3 Å². The van der Waals surface area contributed by atoms with Gasteiger partial charge in [-0.1, -0.05) is 6.92 Å². The molecule has 1 aromatic carbocycles. The highest BCUT2D eigenvalue weighted by molar-refractivity contribution is 5.43. The van der Waals surface area contributed by atoms with E-state index in [4.69, 9.17) is 5.26 Å². The molecule has 1 aliphatic rings. The summed E-state index contributed by atoms with van der Waals surface area (Å²) in [5.41, 5.74) is 1.48. The lowest BCUT2D eigenvalue weighted by molar-refractivity contribution is 0.167. The summed E-state index contributed by atoms with van der Waals surface area (Å²) < 4.78 is 0. The van der Waals surface area contributed by atoms with Gasteiger partial charge >= 0.3 is 0 Å². The molecule has 4 nitrogen and oxygen atoms in total. The molecule has 18 heavy (non-hydrogen) atoms. The van der Waals surface area contributed by atoms with Gasteiger partial charge in [-0.05, 0) is 24.6 Å². The van der Waals surface area contributed by atoms with Crippen molar-refractivity contribution in [3.63, 3.8) is 0 Å². The van der Waals surface area contributed by atoms with Crippen molar-refractivity contribution in [3.05, 3.63) is 29.3 Å². The SMILES string of the molecule is CC[C@H](c1cc(C#N)ccc1O)N1CCNCC1. The van der Waals surface area contributed by atoms with Gasteiger partial charge in [-0.3, -0.25) is 4.90 Å². The van der Waals surface area contributed by atoms with Crippen LogP contribution in [0.1, 0.15) is 30.5 Å². The predicted molar refractivity (Wildman–Crippen MR) is 70.3 cm³/mol. The zero-order chi connectivity index (χ0) is 13.0. The smallest absolute Gasteiger partial charge is 0.120 e. The molecular formula is C14H19N3O. The number of phenols is 1. The van der Waals surface area contributed by atoms with Crippen LogP contribution in [0.2, 0.25) is 0 Å².